The molecule has 0 saturated carbocycles. The summed E-state index contributed by atoms with van der Waals surface area (Å²) in [5.74, 6) is 0.999. The van der Waals surface area contributed by atoms with Crippen molar-refractivity contribution in [3.63, 3.8) is 0 Å². The normalized spacial score (nSPS) is 10.6. The highest BCUT2D eigenvalue weighted by molar-refractivity contribution is 5.91. The highest BCUT2D eigenvalue weighted by atomic mass is 16.5. The summed E-state index contributed by atoms with van der Waals surface area (Å²) in [6.07, 6.45) is 7.80. The van der Waals surface area contributed by atoms with Gasteiger partial charge in [-0.2, -0.15) is 0 Å². The molecule has 0 aliphatic carbocycles. The molecule has 0 aliphatic rings. The van der Waals surface area contributed by atoms with Gasteiger partial charge < -0.3 is 20.1 Å². The minimum atomic E-state index is -0.203. The Morgan fingerprint density at radius 2 is 1.67 bits per heavy atom. The molecule has 2 aromatic rings. The van der Waals surface area contributed by atoms with Crippen LogP contribution >= 0.6 is 0 Å². The Morgan fingerprint density at radius 1 is 0.933 bits per heavy atom. The Labute approximate surface area is 181 Å². The zero-order chi connectivity index (χ0) is 21.6. The van der Waals surface area contributed by atoms with E-state index in [-0.39, 0.29) is 12.5 Å². The van der Waals surface area contributed by atoms with Crippen LogP contribution in [-0.2, 0) is 11.3 Å². The molecular weight excluding hydrogens is 376 g/mol. The molecule has 0 radical (unpaired) electrons. The number of methoxy groups -OCH3 is 1. The third-order valence-electron chi connectivity index (χ3n) is 4.96. The summed E-state index contributed by atoms with van der Waals surface area (Å²) in [4.78, 5) is 12.1. The first kappa shape index (κ1) is 23.7. The first-order chi connectivity index (χ1) is 14.6. The second-order valence-electron chi connectivity index (χ2n) is 7.63. The predicted octanol–water partition coefficient (Wildman–Crippen LogP) is 5.47. The molecular formula is C25H36N2O3. The van der Waals surface area contributed by atoms with Gasteiger partial charge in [0.1, 0.15) is 0 Å². The van der Waals surface area contributed by atoms with E-state index in [1.165, 1.54) is 38.5 Å². The summed E-state index contributed by atoms with van der Waals surface area (Å²) in [6.45, 7) is 5.99. The van der Waals surface area contributed by atoms with Crippen molar-refractivity contribution in [3.05, 3.63) is 53.6 Å². The fourth-order valence-electron chi connectivity index (χ4n) is 3.18. The van der Waals surface area contributed by atoms with Gasteiger partial charge in [0, 0.05) is 12.2 Å². The van der Waals surface area contributed by atoms with Gasteiger partial charge in [0.25, 0.3) is 5.91 Å². The van der Waals surface area contributed by atoms with Crippen LogP contribution in [0.4, 0.5) is 5.69 Å². The molecule has 30 heavy (non-hydrogen) atoms. The van der Waals surface area contributed by atoms with E-state index in [0.29, 0.717) is 11.5 Å². The highest BCUT2D eigenvalue weighted by Gasteiger charge is 2.09. The quantitative estimate of drug-likeness (QED) is 0.404. The number of nitrogens with one attached hydrogen (secondary N) is 2. The van der Waals surface area contributed by atoms with Crippen molar-refractivity contribution in [2.45, 2.75) is 58.9 Å². The average Bonchev–Trinajstić information content (AvgIpc) is 2.76. The van der Waals surface area contributed by atoms with Crippen molar-refractivity contribution in [1.29, 1.82) is 0 Å². The van der Waals surface area contributed by atoms with Gasteiger partial charge >= 0.3 is 0 Å². The van der Waals surface area contributed by atoms with Gasteiger partial charge in [-0.3, -0.25) is 4.79 Å². The molecule has 5 nitrogen and oxygen atoms in total. The van der Waals surface area contributed by atoms with Gasteiger partial charge in [0.15, 0.2) is 18.1 Å². The largest absolute Gasteiger partial charge is 0.493 e. The smallest absolute Gasteiger partial charge is 0.262 e. The number of hydrogen-bond acceptors (Lipinski definition) is 4. The van der Waals surface area contributed by atoms with E-state index in [4.69, 9.17) is 9.47 Å². The summed E-state index contributed by atoms with van der Waals surface area (Å²) in [5, 5.41) is 6.31. The number of carbonyl (C=O) groups is 1. The number of unbranched alkanes of at least 4 members (excludes halogenated alkanes) is 5. The van der Waals surface area contributed by atoms with Crippen molar-refractivity contribution in [1.82, 2.24) is 5.32 Å². The lowest BCUT2D eigenvalue weighted by Gasteiger charge is -2.13. The lowest BCUT2D eigenvalue weighted by Crippen LogP contribution is -2.20. The fraction of sp³-hybridized carbons (Fsp3) is 0.480. The molecule has 0 spiro atoms. The van der Waals surface area contributed by atoms with Crippen LogP contribution in [0.25, 0.3) is 0 Å². The lowest BCUT2D eigenvalue weighted by atomic mass is 10.1. The summed E-state index contributed by atoms with van der Waals surface area (Å²) in [7, 11) is 1.61. The van der Waals surface area contributed by atoms with Crippen LogP contribution < -0.4 is 20.1 Å². The molecule has 164 valence electrons. The molecule has 0 unspecified atom stereocenters. The van der Waals surface area contributed by atoms with E-state index in [0.717, 1.165) is 29.9 Å². The Hall–Kier alpha value is -2.53. The van der Waals surface area contributed by atoms with Crippen molar-refractivity contribution in [3.8, 4) is 11.5 Å². The minimum absolute atomic E-state index is 0.0696. The third-order valence-corrected chi connectivity index (χ3v) is 4.96. The number of rotatable bonds is 14. The topological polar surface area (TPSA) is 59.6 Å². The molecule has 5 heteroatoms. The van der Waals surface area contributed by atoms with Crippen LogP contribution in [0.3, 0.4) is 0 Å². The highest BCUT2D eigenvalue weighted by Crippen LogP contribution is 2.28. The predicted molar refractivity (Wildman–Crippen MR) is 123 cm³/mol. The zero-order valence-corrected chi connectivity index (χ0v) is 18.6. The van der Waals surface area contributed by atoms with Gasteiger partial charge in [0.2, 0.25) is 0 Å². The maximum absolute atomic E-state index is 12.1. The average molecular weight is 413 g/mol. The van der Waals surface area contributed by atoms with Crippen LogP contribution in [0.1, 0.15) is 56.6 Å². The molecule has 2 N–H and O–H groups in total. The SMILES string of the molecule is CCCCCCCCNCc1ccc(OCC(=O)Nc2ccc(C)cc2)c(OC)c1. The molecule has 0 heterocycles. The van der Waals surface area contributed by atoms with Crippen LogP contribution in [-0.4, -0.2) is 26.2 Å². The first-order valence-corrected chi connectivity index (χ1v) is 11.0. The fourth-order valence-corrected chi connectivity index (χ4v) is 3.18. The number of anilines is 1. The molecule has 0 fully saturated rings. The Bertz CT molecular complexity index is 759. The van der Waals surface area contributed by atoms with E-state index in [2.05, 4.69) is 17.6 Å². The molecule has 0 saturated heterocycles. The standard InChI is InChI=1S/C25H36N2O3/c1-4-5-6-7-8-9-16-26-18-21-12-15-23(24(17-21)29-3)30-19-25(28)27-22-13-10-20(2)11-14-22/h10-15,17,26H,4-9,16,18-19H2,1-3H3,(H,27,28). The maximum atomic E-state index is 12.1. The van der Waals surface area contributed by atoms with Gasteiger partial charge in [-0.1, -0.05) is 62.8 Å². The van der Waals surface area contributed by atoms with E-state index in [1.54, 1.807) is 7.11 Å². The summed E-state index contributed by atoms with van der Waals surface area (Å²) < 4.78 is 11.1. The van der Waals surface area contributed by atoms with Crippen molar-refractivity contribution < 1.29 is 14.3 Å². The van der Waals surface area contributed by atoms with Gasteiger partial charge in [-0.25, -0.2) is 0 Å². The Morgan fingerprint density at radius 3 is 2.40 bits per heavy atom. The van der Waals surface area contributed by atoms with Crippen LogP contribution in [0.2, 0.25) is 0 Å². The summed E-state index contributed by atoms with van der Waals surface area (Å²) >= 11 is 0. The molecule has 0 aliphatic heterocycles. The van der Waals surface area contributed by atoms with Crippen molar-refractivity contribution >= 4 is 11.6 Å². The monoisotopic (exact) mass is 412 g/mol. The second kappa shape index (κ2) is 13.6. The van der Waals surface area contributed by atoms with Gasteiger partial charge in [-0.05, 0) is 49.7 Å². The van der Waals surface area contributed by atoms with Crippen molar-refractivity contribution in [2.24, 2.45) is 0 Å². The maximum Gasteiger partial charge on any atom is 0.262 e. The number of amides is 1. The molecule has 1 amide bonds. The molecule has 0 atom stereocenters. The Kier molecular flexibility index (Phi) is 10.8. The van der Waals surface area contributed by atoms with E-state index >= 15 is 0 Å². The van der Waals surface area contributed by atoms with Gasteiger partial charge in [0.05, 0.1) is 7.11 Å². The van der Waals surface area contributed by atoms with E-state index < -0.39 is 0 Å². The van der Waals surface area contributed by atoms with Crippen LogP contribution in [0, 0.1) is 6.92 Å². The molecule has 0 aromatic heterocycles. The number of ether oxygens (including phenoxy) is 2. The van der Waals surface area contributed by atoms with E-state index in [9.17, 15) is 4.79 Å². The summed E-state index contributed by atoms with van der Waals surface area (Å²) in [6, 6.07) is 13.5. The van der Waals surface area contributed by atoms with Crippen LogP contribution in [0.15, 0.2) is 42.5 Å². The van der Waals surface area contributed by atoms with Crippen LogP contribution in [0.5, 0.6) is 11.5 Å². The number of carbonyl (C=O) groups excluding carboxylic acids is 1. The molecule has 2 rings (SSSR count). The van der Waals surface area contributed by atoms with Crippen molar-refractivity contribution in [2.75, 3.05) is 25.6 Å². The lowest BCUT2D eigenvalue weighted by molar-refractivity contribution is -0.118. The Balaban J connectivity index is 1.73. The van der Waals surface area contributed by atoms with Gasteiger partial charge in [-0.15, -0.1) is 0 Å². The first-order valence-electron chi connectivity index (χ1n) is 11.0. The number of benzene rings is 2. The second-order valence-corrected chi connectivity index (χ2v) is 7.63. The molecule has 0 bridgehead atoms. The minimum Gasteiger partial charge on any atom is -0.493 e. The summed E-state index contributed by atoms with van der Waals surface area (Å²) in [5.41, 5.74) is 3.04. The number of aryl methyl sites for hydroxylation is 1. The number of hydrogen-bond donors (Lipinski definition) is 2. The molecule has 2 aromatic carbocycles. The third kappa shape index (κ3) is 8.87. The van der Waals surface area contributed by atoms with E-state index in [1.807, 2.05) is 49.4 Å². The zero-order valence-electron chi connectivity index (χ0n) is 18.6.